The fraction of sp³-hybridized carbons (Fsp3) is 0.471. The largest absolute Gasteiger partial charge is 0.344 e. The molecule has 1 aromatic heterocycles. The molecule has 0 radical (unpaired) electrons. The number of aryl methyl sites for hydroxylation is 4. The molecular weight excluding hydrogens is 246 g/mol. The average Bonchev–Trinajstić information content (AvgIpc) is 2.98. The summed E-state index contributed by atoms with van der Waals surface area (Å²) in [5, 5.41) is 3.51. The van der Waals surface area contributed by atoms with Gasteiger partial charge in [0.05, 0.1) is 11.7 Å². The highest BCUT2D eigenvalue weighted by atomic mass is 15.0. The zero-order chi connectivity index (χ0) is 14.3. The van der Waals surface area contributed by atoms with E-state index < -0.39 is 0 Å². The lowest BCUT2D eigenvalue weighted by Crippen LogP contribution is -2.14. The zero-order valence-electron chi connectivity index (χ0n) is 12.8. The fourth-order valence-electron chi connectivity index (χ4n) is 3.36. The second-order valence-corrected chi connectivity index (χ2v) is 6.02. The quantitative estimate of drug-likeness (QED) is 0.872. The van der Waals surface area contributed by atoms with Crippen LogP contribution in [0.5, 0.6) is 0 Å². The topological polar surface area (TPSA) is 40.7 Å². The number of hydrogen-bond acceptors (Lipinski definition) is 2. The second kappa shape index (κ2) is 5.06. The van der Waals surface area contributed by atoms with Crippen molar-refractivity contribution in [2.45, 2.75) is 46.6 Å². The van der Waals surface area contributed by atoms with Gasteiger partial charge in [-0.15, -0.1) is 0 Å². The van der Waals surface area contributed by atoms with E-state index >= 15 is 0 Å². The third-order valence-electron chi connectivity index (χ3n) is 4.21. The number of aromatic amines is 1. The van der Waals surface area contributed by atoms with Crippen LogP contribution in [0.25, 0.3) is 11.3 Å². The zero-order valence-corrected chi connectivity index (χ0v) is 12.8. The molecule has 0 aliphatic carbocycles. The van der Waals surface area contributed by atoms with Crippen LogP contribution in [0.15, 0.2) is 12.1 Å². The number of imidazole rings is 1. The van der Waals surface area contributed by atoms with E-state index in [9.17, 15) is 0 Å². The molecule has 0 amide bonds. The number of benzene rings is 1. The van der Waals surface area contributed by atoms with E-state index in [1.54, 1.807) is 0 Å². The Balaban J connectivity index is 2.06. The van der Waals surface area contributed by atoms with E-state index in [0.29, 0.717) is 6.04 Å². The normalized spacial score (nSPS) is 18.7. The lowest BCUT2D eigenvalue weighted by molar-refractivity contribution is 0.612. The van der Waals surface area contributed by atoms with Gasteiger partial charge < -0.3 is 10.3 Å². The van der Waals surface area contributed by atoms with Crippen molar-refractivity contribution in [2.24, 2.45) is 0 Å². The van der Waals surface area contributed by atoms with Crippen LogP contribution >= 0.6 is 0 Å². The summed E-state index contributed by atoms with van der Waals surface area (Å²) in [4.78, 5) is 8.38. The van der Waals surface area contributed by atoms with Gasteiger partial charge in [0, 0.05) is 11.3 Å². The molecule has 1 unspecified atom stereocenters. The summed E-state index contributed by atoms with van der Waals surface area (Å²) in [7, 11) is 0. The van der Waals surface area contributed by atoms with Crippen molar-refractivity contribution in [1.29, 1.82) is 0 Å². The summed E-state index contributed by atoms with van der Waals surface area (Å²) in [5.74, 6) is 1.09. The second-order valence-electron chi connectivity index (χ2n) is 6.02. The number of hydrogen-bond donors (Lipinski definition) is 2. The minimum absolute atomic E-state index is 0.397. The maximum atomic E-state index is 4.90. The Morgan fingerprint density at radius 3 is 2.40 bits per heavy atom. The summed E-state index contributed by atoms with van der Waals surface area (Å²) >= 11 is 0. The Morgan fingerprint density at radius 2 is 1.80 bits per heavy atom. The summed E-state index contributed by atoms with van der Waals surface area (Å²) in [5.41, 5.74) is 7.50. The summed E-state index contributed by atoms with van der Waals surface area (Å²) < 4.78 is 0. The van der Waals surface area contributed by atoms with Crippen LogP contribution in [0.1, 0.15) is 47.1 Å². The Bertz CT molecular complexity index is 611. The molecule has 1 aliphatic heterocycles. The van der Waals surface area contributed by atoms with Gasteiger partial charge in [0.15, 0.2) is 0 Å². The third kappa shape index (κ3) is 2.27. The Labute approximate surface area is 120 Å². The highest BCUT2D eigenvalue weighted by molar-refractivity contribution is 5.70. The first-order valence-electron chi connectivity index (χ1n) is 7.44. The summed E-state index contributed by atoms with van der Waals surface area (Å²) in [6.07, 6.45) is 2.42. The molecule has 2 N–H and O–H groups in total. The highest BCUT2D eigenvalue weighted by Gasteiger charge is 2.22. The molecule has 3 nitrogen and oxygen atoms in total. The van der Waals surface area contributed by atoms with Gasteiger partial charge >= 0.3 is 0 Å². The van der Waals surface area contributed by atoms with E-state index in [1.807, 2.05) is 0 Å². The van der Waals surface area contributed by atoms with Gasteiger partial charge in [-0.05, 0) is 58.2 Å². The first kappa shape index (κ1) is 13.4. The fourth-order valence-corrected chi connectivity index (χ4v) is 3.36. The van der Waals surface area contributed by atoms with Crippen molar-refractivity contribution in [1.82, 2.24) is 15.3 Å². The van der Waals surface area contributed by atoms with Crippen molar-refractivity contribution in [3.05, 3.63) is 40.3 Å². The van der Waals surface area contributed by atoms with Crippen LogP contribution in [0.2, 0.25) is 0 Å². The average molecular weight is 269 g/mol. The standard InChI is InChI=1S/C17H23N3/c1-10-8-11(2)15(12(3)9-10)16-13(4)19-17(20-16)14-6-5-7-18-14/h8-9,14,18H,5-7H2,1-4H3,(H,19,20). The molecule has 1 fully saturated rings. The Hall–Kier alpha value is -1.61. The molecule has 1 atom stereocenters. The van der Waals surface area contributed by atoms with Gasteiger partial charge in [-0.1, -0.05) is 17.7 Å². The van der Waals surface area contributed by atoms with E-state index in [0.717, 1.165) is 18.1 Å². The van der Waals surface area contributed by atoms with Crippen molar-refractivity contribution < 1.29 is 0 Å². The lowest BCUT2D eigenvalue weighted by atomic mass is 9.96. The summed E-state index contributed by atoms with van der Waals surface area (Å²) in [6, 6.07) is 4.88. The van der Waals surface area contributed by atoms with Crippen molar-refractivity contribution in [3.63, 3.8) is 0 Å². The van der Waals surface area contributed by atoms with Crippen LogP contribution in [-0.2, 0) is 0 Å². The number of H-pyrrole nitrogens is 1. The molecule has 2 heterocycles. The van der Waals surface area contributed by atoms with E-state index in [2.05, 4.69) is 50.1 Å². The summed E-state index contributed by atoms with van der Waals surface area (Å²) in [6.45, 7) is 9.73. The van der Waals surface area contributed by atoms with Crippen molar-refractivity contribution >= 4 is 0 Å². The van der Waals surface area contributed by atoms with E-state index in [1.165, 1.54) is 40.8 Å². The molecule has 3 heteroatoms. The van der Waals surface area contributed by atoms with Gasteiger partial charge in [0.25, 0.3) is 0 Å². The van der Waals surface area contributed by atoms with Crippen LogP contribution in [0, 0.1) is 27.7 Å². The predicted octanol–water partition coefficient (Wildman–Crippen LogP) is 3.73. The number of nitrogens with one attached hydrogen (secondary N) is 2. The first-order valence-corrected chi connectivity index (χ1v) is 7.44. The van der Waals surface area contributed by atoms with Crippen LogP contribution in [0.3, 0.4) is 0 Å². The van der Waals surface area contributed by atoms with Gasteiger partial charge in [0.2, 0.25) is 0 Å². The van der Waals surface area contributed by atoms with Crippen LogP contribution in [0.4, 0.5) is 0 Å². The van der Waals surface area contributed by atoms with Gasteiger partial charge in [-0.3, -0.25) is 0 Å². The van der Waals surface area contributed by atoms with Gasteiger partial charge in [0.1, 0.15) is 5.82 Å². The maximum absolute atomic E-state index is 4.90. The maximum Gasteiger partial charge on any atom is 0.124 e. The first-order chi connectivity index (χ1) is 9.56. The molecule has 0 saturated carbocycles. The lowest BCUT2D eigenvalue weighted by Gasteiger charge is -2.10. The van der Waals surface area contributed by atoms with Gasteiger partial charge in [-0.25, -0.2) is 4.98 Å². The molecular formula is C17H23N3. The predicted molar refractivity (Wildman–Crippen MR) is 82.9 cm³/mol. The molecule has 3 rings (SSSR count). The van der Waals surface area contributed by atoms with Crippen LogP contribution < -0.4 is 5.32 Å². The van der Waals surface area contributed by atoms with Crippen LogP contribution in [-0.4, -0.2) is 16.5 Å². The van der Waals surface area contributed by atoms with Gasteiger partial charge in [-0.2, -0.15) is 0 Å². The van der Waals surface area contributed by atoms with E-state index in [4.69, 9.17) is 4.98 Å². The van der Waals surface area contributed by atoms with Crippen molar-refractivity contribution in [3.8, 4) is 11.3 Å². The smallest absolute Gasteiger partial charge is 0.124 e. The SMILES string of the molecule is Cc1cc(C)c(-c2nc(C3CCCN3)[nH]c2C)c(C)c1. The number of rotatable bonds is 2. The molecule has 1 aromatic carbocycles. The Kier molecular flexibility index (Phi) is 3.38. The van der Waals surface area contributed by atoms with Crippen molar-refractivity contribution in [2.75, 3.05) is 6.54 Å². The Morgan fingerprint density at radius 1 is 1.10 bits per heavy atom. The molecule has 1 saturated heterocycles. The molecule has 106 valence electrons. The number of aromatic nitrogens is 2. The monoisotopic (exact) mass is 269 g/mol. The number of nitrogens with zero attached hydrogens (tertiary/aromatic N) is 1. The van der Waals surface area contributed by atoms with E-state index in [-0.39, 0.29) is 0 Å². The highest BCUT2D eigenvalue weighted by Crippen LogP contribution is 2.31. The molecule has 0 spiro atoms. The minimum Gasteiger partial charge on any atom is -0.344 e. The minimum atomic E-state index is 0.397. The molecule has 20 heavy (non-hydrogen) atoms. The third-order valence-corrected chi connectivity index (χ3v) is 4.21. The molecule has 1 aliphatic rings. The molecule has 0 bridgehead atoms. The molecule has 2 aromatic rings.